The SMILES string of the molecule is COc1ccc([C@H](c2ccccc2)C(C)(C)C(=O)O)cc1Br. The quantitative estimate of drug-likeness (QED) is 0.838. The number of halogens is 1. The second-order valence-electron chi connectivity index (χ2n) is 5.76. The standard InChI is InChI=1S/C18H19BrO3/c1-18(2,17(20)21)16(12-7-5-4-6-8-12)13-9-10-15(22-3)14(19)11-13/h4-11,16H,1-3H3,(H,20,21)/t16-/m0/s1. The molecular weight excluding hydrogens is 344 g/mol. The maximum atomic E-state index is 11.8. The van der Waals surface area contributed by atoms with Gasteiger partial charge >= 0.3 is 5.97 Å². The van der Waals surface area contributed by atoms with Crippen molar-refractivity contribution < 1.29 is 14.6 Å². The van der Waals surface area contributed by atoms with E-state index in [1.807, 2.05) is 48.5 Å². The minimum atomic E-state index is -0.935. The summed E-state index contributed by atoms with van der Waals surface area (Å²) in [6.45, 7) is 3.51. The van der Waals surface area contributed by atoms with E-state index in [0.717, 1.165) is 21.3 Å². The lowest BCUT2D eigenvalue weighted by molar-refractivity contribution is -0.147. The molecule has 0 amide bonds. The zero-order valence-electron chi connectivity index (χ0n) is 12.8. The first kappa shape index (κ1) is 16.6. The molecular formula is C18H19BrO3. The van der Waals surface area contributed by atoms with Gasteiger partial charge in [-0.05, 0) is 53.0 Å². The Morgan fingerprint density at radius 2 is 1.77 bits per heavy atom. The summed E-state index contributed by atoms with van der Waals surface area (Å²) >= 11 is 3.48. The number of carboxylic acids is 1. The molecule has 0 saturated carbocycles. The number of carboxylic acid groups (broad SMARTS) is 1. The van der Waals surface area contributed by atoms with Crippen molar-refractivity contribution >= 4 is 21.9 Å². The molecule has 2 aromatic rings. The van der Waals surface area contributed by atoms with E-state index < -0.39 is 11.4 Å². The fourth-order valence-corrected chi connectivity index (χ4v) is 3.22. The second-order valence-corrected chi connectivity index (χ2v) is 6.62. The van der Waals surface area contributed by atoms with Crippen LogP contribution >= 0.6 is 15.9 Å². The smallest absolute Gasteiger partial charge is 0.310 e. The van der Waals surface area contributed by atoms with Crippen LogP contribution < -0.4 is 4.74 Å². The van der Waals surface area contributed by atoms with E-state index in [1.54, 1.807) is 21.0 Å². The van der Waals surface area contributed by atoms with Gasteiger partial charge in [-0.2, -0.15) is 0 Å². The first-order chi connectivity index (χ1) is 10.4. The molecule has 3 nitrogen and oxygen atoms in total. The highest BCUT2D eigenvalue weighted by molar-refractivity contribution is 9.10. The largest absolute Gasteiger partial charge is 0.496 e. The van der Waals surface area contributed by atoms with E-state index in [4.69, 9.17) is 4.74 Å². The average molecular weight is 363 g/mol. The van der Waals surface area contributed by atoms with Gasteiger partial charge in [-0.1, -0.05) is 36.4 Å². The third kappa shape index (κ3) is 3.17. The molecule has 116 valence electrons. The predicted molar refractivity (Wildman–Crippen MR) is 90.4 cm³/mol. The molecule has 22 heavy (non-hydrogen) atoms. The summed E-state index contributed by atoms with van der Waals surface area (Å²) in [6, 6.07) is 15.4. The summed E-state index contributed by atoms with van der Waals surface area (Å²) in [4.78, 5) is 11.8. The van der Waals surface area contributed by atoms with Gasteiger partial charge in [-0.3, -0.25) is 4.79 Å². The second kappa shape index (κ2) is 6.53. The summed E-state index contributed by atoms with van der Waals surface area (Å²) in [7, 11) is 1.61. The Hall–Kier alpha value is -1.81. The van der Waals surface area contributed by atoms with Crippen LogP contribution in [0.5, 0.6) is 5.75 Å². The van der Waals surface area contributed by atoms with Crippen molar-refractivity contribution in [2.75, 3.05) is 7.11 Å². The van der Waals surface area contributed by atoms with Crippen molar-refractivity contribution in [1.29, 1.82) is 0 Å². The molecule has 0 aliphatic carbocycles. The Balaban J connectivity index is 2.59. The van der Waals surface area contributed by atoms with E-state index in [9.17, 15) is 9.90 Å². The minimum absolute atomic E-state index is 0.256. The van der Waals surface area contributed by atoms with Crippen molar-refractivity contribution in [2.24, 2.45) is 5.41 Å². The molecule has 0 unspecified atom stereocenters. The van der Waals surface area contributed by atoms with Gasteiger partial charge in [0.25, 0.3) is 0 Å². The number of ether oxygens (including phenoxy) is 1. The highest BCUT2D eigenvalue weighted by atomic mass is 79.9. The number of hydrogen-bond donors (Lipinski definition) is 1. The summed E-state index contributed by atoms with van der Waals surface area (Å²) in [6.07, 6.45) is 0. The van der Waals surface area contributed by atoms with Gasteiger partial charge in [0.05, 0.1) is 17.0 Å². The zero-order valence-corrected chi connectivity index (χ0v) is 14.4. The molecule has 1 atom stereocenters. The zero-order chi connectivity index (χ0) is 16.3. The molecule has 0 bridgehead atoms. The Bertz CT molecular complexity index is 665. The van der Waals surface area contributed by atoms with Gasteiger partial charge in [0.2, 0.25) is 0 Å². The van der Waals surface area contributed by atoms with Crippen LogP contribution in [0.3, 0.4) is 0 Å². The van der Waals surface area contributed by atoms with Gasteiger partial charge in [-0.25, -0.2) is 0 Å². The Morgan fingerprint density at radius 3 is 2.27 bits per heavy atom. The van der Waals surface area contributed by atoms with E-state index in [-0.39, 0.29) is 5.92 Å². The van der Waals surface area contributed by atoms with Crippen LogP contribution in [0.2, 0.25) is 0 Å². The van der Waals surface area contributed by atoms with Crippen LogP contribution in [0.15, 0.2) is 53.0 Å². The first-order valence-corrected chi connectivity index (χ1v) is 7.79. The predicted octanol–water partition coefficient (Wildman–Crippen LogP) is 4.70. The van der Waals surface area contributed by atoms with Crippen LogP contribution in [0.4, 0.5) is 0 Å². The molecule has 0 fully saturated rings. The normalized spacial score (nSPS) is 12.7. The summed E-state index contributed by atoms with van der Waals surface area (Å²) < 4.78 is 6.07. The average Bonchev–Trinajstić information content (AvgIpc) is 2.48. The molecule has 0 aliphatic heterocycles. The third-order valence-corrected chi connectivity index (χ3v) is 4.53. The number of carbonyl (C=O) groups is 1. The number of hydrogen-bond acceptors (Lipinski definition) is 2. The monoisotopic (exact) mass is 362 g/mol. The molecule has 1 N–H and O–H groups in total. The molecule has 0 radical (unpaired) electrons. The maximum Gasteiger partial charge on any atom is 0.310 e. The molecule has 0 heterocycles. The van der Waals surface area contributed by atoms with Gasteiger partial charge in [0.15, 0.2) is 0 Å². The van der Waals surface area contributed by atoms with Gasteiger partial charge in [0.1, 0.15) is 5.75 Å². The Labute approximate surface area is 139 Å². The van der Waals surface area contributed by atoms with Crippen LogP contribution in [0.1, 0.15) is 30.9 Å². The lowest BCUT2D eigenvalue weighted by Crippen LogP contribution is -2.32. The van der Waals surface area contributed by atoms with E-state index in [0.29, 0.717) is 0 Å². The van der Waals surface area contributed by atoms with Crippen molar-refractivity contribution in [3.05, 3.63) is 64.1 Å². The van der Waals surface area contributed by atoms with Crippen molar-refractivity contribution in [1.82, 2.24) is 0 Å². The fourth-order valence-electron chi connectivity index (χ4n) is 2.66. The van der Waals surface area contributed by atoms with Gasteiger partial charge < -0.3 is 9.84 Å². The topological polar surface area (TPSA) is 46.5 Å². The van der Waals surface area contributed by atoms with Crippen LogP contribution in [0, 0.1) is 5.41 Å². The highest BCUT2D eigenvalue weighted by Gasteiger charge is 2.39. The molecule has 0 aliphatic rings. The van der Waals surface area contributed by atoms with E-state index >= 15 is 0 Å². The van der Waals surface area contributed by atoms with Crippen LogP contribution in [-0.4, -0.2) is 18.2 Å². The first-order valence-electron chi connectivity index (χ1n) is 6.99. The molecule has 0 spiro atoms. The summed E-state index contributed by atoms with van der Waals surface area (Å²) in [5, 5.41) is 9.67. The van der Waals surface area contributed by atoms with Gasteiger partial charge in [-0.15, -0.1) is 0 Å². The van der Waals surface area contributed by atoms with E-state index in [1.165, 1.54) is 0 Å². The molecule has 2 rings (SSSR count). The summed E-state index contributed by atoms with van der Waals surface area (Å²) in [5.74, 6) is -0.356. The Kier molecular flexibility index (Phi) is 4.91. The van der Waals surface area contributed by atoms with E-state index in [2.05, 4.69) is 15.9 Å². The lowest BCUT2D eigenvalue weighted by Gasteiger charge is -2.31. The minimum Gasteiger partial charge on any atom is -0.496 e. The van der Waals surface area contributed by atoms with Crippen LogP contribution in [-0.2, 0) is 4.79 Å². The molecule has 4 heteroatoms. The highest BCUT2D eigenvalue weighted by Crippen LogP contribution is 2.42. The molecule has 2 aromatic carbocycles. The van der Waals surface area contributed by atoms with Crippen molar-refractivity contribution in [3.63, 3.8) is 0 Å². The number of aliphatic carboxylic acids is 1. The van der Waals surface area contributed by atoms with Crippen molar-refractivity contribution in [3.8, 4) is 5.75 Å². The van der Waals surface area contributed by atoms with Crippen molar-refractivity contribution in [2.45, 2.75) is 19.8 Å². The lowest BCUT2D eigenvalue weighted by atomic mass is 9.71. The number of rotatable bonds is 5. The molecule has 0 aromatic heterocycles. The van der Waals surface area contributed by atoms with Gasteiger partial charge in [0, 0.05) is 5.92 Å². The third-order valence-electron chi connectivity index (χ3n) is 3.91. The maximum absolute atomic E-state index is 11.8. The Morgan fingerprint density at radius 1 is 1.14 bits per heavy atom. The fraction of sp³-hybridized carbons (Fsp3) is 0.278. The van der Waals surface area contributed by atoms with Crippen LogP contribution in [0.25, 0.3) is 0 Å². The number of benzene rings is 2. The number of methoxy groups -OCH3 is 1. The summed E-state index contributed by atoms with van der Waals surface area (Å²) in [5.41, 5.74) is 0.980. The molecule has 0 saturated heterocycles.